The van der Waals surface area contributed by atoms with E-state index >= 15 is 0 Å². The van der Waals surface area contributed by atoms with E-state index in [0.29, 0.717) is 26.1 Å². The Balaban J connectivity index is 2.56. The van der Waals surface area contributed by atoms with Crippen LogP contribution in [0.5, 0.6) is 0 Å². The Hall–Kier alpha value is -0.420. The molecule has 1 amide bonds. The first kappa shape index (κ1) is 10.7. The van der Waals surface area contributed by atoms with Gasteiger partial charge in [-0.05, 0) is 12.8 Å². The van der Waals surface area contributed by atoms with Gasteiger partial charge in [-0.15, -0.1) is 0 Å². The van der Waals surface area contributed by atoms with Crippen LogP contribution >= 0.6 is 0 Å². The Labute approximate surface area is 80.6 Å². The Bertz CT molecular complexity index is 223. The summed E-state index contributed by atoms with van der Waals surface area (Å²) in [7, 11) is -1.26. The number of hydrogen-bond acceptors (Lipinski definition) is 3. The van der Waals surface area contributed by atoms with E-state index < -0.39 is 16.4 Å². The summed E-state index contributed by atoms with van der Waals surface area (Å²) < 4.78 is 18.4. The van der Waals surface area contributed by atoms with Gasteiger partial charge in [-0.1, -0.05) is 6.92 Å². The van der Waals surface area contributed by atoms with E-state index in [1.807, 2.05) is 6.92 Å². The van der Waals surface area contributed by atoms with Crippen LogP contribution in [0.25, 0.3) is 0 Å². The minimum absolute atomic E-state index is 0.128. The van der Waals surface area contributed by atoms with E-state index in [4.69, 9.17) is 4.74 Å². The lowest BCUT2D eigenvalue weighted by Crippen LogP contribution is -2.42. The molecule has 0 saturated carbocycles. The summed E-state index contributed by atoms with van der Waals surface area (Å²) in [5.41, 5.74) is -0.399. The Morgan fingerprint density at radius 3 is 2.46 bits per heavy atom. The van der Waals surface area contributed by atoms with Crippen molar-refractivity contribution in [2.45, 2.75) is 19.8 Å². The minimum atomic E-state index is -1.26. The Morgan fingerprint density at radius 1 is 1.46 bits per heavy atom. The fourth-order valence-corrected chi connectivity index (χ4v) is 1.81. The summed E-state index contributed by atoms with van der Waals surface area (Å²) in [6.45, 7) is 3.11. The van der Waals surface area contributed by atoms with Gasteiger partial charge < -0.3 is 4.74 Å². The predicted molar refractivity (Wildman–Crippen MR) is 50.4 cm³/mol. The molecular weight excluding hydrogens is 190 g/mol. The van der Waals surface area contributed by atoms with E-state index in [0.717, 1.165) is 0 Å². The molecule has 1 saturated heterocycles. The maximum Gasteiger partial charge on any atom is 0.237 e. The van der Waals surface area contributed by atoms with Crippen LogP contribution in [0.2, 0.25) is 0 Å². The monoisotopic (exact) mass is 205 g/mol. The number of ether oxygens (including phenoxy) is 1. The first-order chi connectivity index (χ1) is 6.04. The van der Waals surface area contributed by atoms with Gasteiger partial charge in [-0.3, -0.25) is 9.52 Å². The number of hydrogen-bond donors (Lipinski definition) is 1. The third kappa shape index (κ3) is 2.77. The number of rotatable bonds is 2. The molecule has 0 aliphatic carbocycles. The molecule has 1 unspecified atom stereocenters. The second-order valence-corrected chi connectivity index (χ2v) is 4.67. The average Bonchev–Trinajstić information content (AvgIpc) is 2.04. The quantitative estimate of drug-likeness (QED) is 0.701. The van der Waals surface area contributed by atoms with Gasteiger partial charge in [-0.2, -0.15) is 0 Å². The lowest BCUT2D eigenvalue weighted by Gasteiger charge is -2.31. The SMILES string of the molecule is CS(=O)NC(=O)C1(C)CCOCC1. The van der Waals surface area contributed by atoms with E-state index in [1.54, 1.807) is 0 Å². The predicted octanol–water partition coefficient (Wildman–Crippen LogP) is 0.213. The van der Waals surface area contributed by atoms with Crippen LogP contribution in [0.3, 0.4) is 0 Å². The fourth-order valence-electron chi connectivity index (χ4n) is 1.30. The number of carbonyl (C=O) groups excluding carboxylic acids is 1. The van der Waals surface area contributed by atoms with Crippen molar-refractivity contribution < 1.29 is 13.7 Å². The van der Waals surface area contributed by atoms with Crippen molar-refractivity contribution in [2.24, 2.45) is 5.41 Å². The topological polar surface area (TPSA) is 55.4 Å². The highest BCUT2D eigenvalue weighted by molar-refractivity contribution is 7.82. The van der Waals surface area contributed by atoms with Crippen molar-refractivity contribution in [3.8, 4) is 0 Å². The summed E-state index contributed by atoms with van der Waals surface area (Å²) in [4.78, 5) is 11.6. The largest absolute Gasteiger partial charge is 0.381 e. The minimum Gasteiger partial charge on any atom is -0.381 e. The van der Waals surface area contributed by atoms with Crippen LogP contribution in [-0.2, 0) is 20.5 Å². The van der Waals surface area contributed by atoms with Gasteiger partial charge in [-0.25, -0.2) is 4.21 Å². The van der Waals surface area contributed by atoms with Crippen LogP contribution in [0.15, 0.2) is 0 Å². The molecule has 0 bridgehead atoms. The van der Waals surface area contributed by atoms with Gasteiger partial charge >= 0.3 is 0 Å². The molecular formula is C8H15NO3S. The average molecular weight is 205 g/mol. The highest BCUT2D eigenvalue weighted by Gasteiger charge is 2.35. The van der Waals surface area contributed by atoms with Crippen molar-refractivity contribution in [3.63, 3.8) is 0 Å². The van der Waals surface area contributed by atoms with Gasteiger partial charge in [0.15, 0.2) is 0 Å². The Morgan fingerprint density at radius 2 is 2.00 bits per heavy atom. The summed E-state index contributed by atoms with van der Waals surface area (Å²) in [6, 6.07) is 0. The molecule has 1 N–H and O–H groups in total. The van der Waals surface area contributed by atoms with Gasteiger partial charge in [0, 0.05) is 19.5 Å². The molecule has 1 aliphatic rings. The molecule has 0 aromatic rings. The van der Waals surface area contributed by atoms with E-state index in [2.05, 4.69) is 4.72 Å². The van der Waals surface area contributed by atoms with Crippen molar-refractivity contribution in [1.29, 1.82) is 0 Å². The summed E-state index contributed by atoms with van der Waals surface area (Å²) >= 11 is 0. The van der Waals surface area contributed by atoms with Gasteiger partial charge in [0.1, 0.15) is 11.0 Å². The number of amides is 1. The highest BCUT2D eigenvalue weighted by Crippen LogP contribution is 2.29. The van der Waals surface area contributed by atoms with Gasteiger partial charge in [0.2, 0.25) is 5.91 Å². The zero-order valence-corrected chi connectivity index (χ0v) is 8.78. The third-order valence-electron chi connectivity index (χ3n) is 2.38. The molecule has 5 heteroatoms. The van der Waals surface area contributed by atoms with Crippen molar-refractivity contribution in [1.82, 2.24) is 4.72 Å². The van der Waals surface area contributed by atoms with Crippen molar-refractivity contribution in [2.75, 3.05) is 19.5 Å². The maximum atomic E-state index is 11.6. The number of nitrogens with one attached hydrogen (secondary N) is 1. The molecule has 0 radical (unpaired) electrons. The van der Waals surface area contributed by atoms with Crippen molar-refractivity contribution in [3.05, 3.63) is 0 Å². The zero-order chi connectivity index (χ0) is 9.90. The normalized spacial score (nSPS) is 23.5. The summed E-state index contributed by atoms with van der Waals surface area (Å²) in [6.07, 6.45) is 2.87. The Kier molecular flexibility index (Phi) is 3.44. The molecule has 0 aromatic heterocycles. The van der Waals surface area contributed by atoms with Crippen molar-refractivity contribution >= 4 is 16.9 Å². The molecule has 1 aliphatic heterocycles. The molecule has 1 rings (SSSR count). The van der Waals surface area contributed by atoms with Crippen LogP contribution in [-0.4, -0.2) is 29.6 Å². The maximum absolute atomic E-state index is 11.6. The molecule has 13 heavy (non-hydrogen) atoms. The van der Waals surface area contributed by atoms with Crippen LogP contribution < -0.4 is 4.72 Å². The second-order valence-electron chi connectivity index (χ2n) is 3.56. The molecule has 0 spiro atoms. The lowest BCUT2D eigenvalue weighted by atomic mass is 9.82. The molecule has 76 valence electrons. The first-order valence-corrected chi connectivity index (χ1v) is 5.83. The first-order valence-electron chi connectivity index (χ1n) is 4.27. The van der Waals surface area contributed by atoms with E-state index in [1.165, 1.54) is 6.26 Å². The van der Waals surface area contributed by atoms with Gasteiger partial charge in [0.25, 0.3) is 0 Å². The molecule has 0 aromatic carbocycles. The van der Waals surface area contributed by atoms with E-state index in [-0.39, 0.29) is 5.91 Å². The molecule has 1 heterocycles. The smallest absolute Gasteiger partial charge is 0.237 e. The molecule has 4 nitrogen and oxygen atoms in total. The second kappa shape index (κ2) is 4.19. The standard InChI is InChI=1S/C8H15NO3S/c1-8(3-5-12-6-4-8)7(10)9-13(2)11/h3-6H2,1-2H3,(H,9,10). The van der Waals surface area contributed by atoms with E-state index in [9.17, 15) is 9.00 Å². The van der Waals surface area contributed by atoms with Gasteiger partial charge in [0.05, 0.1) is 5.41 Å². The van der Waals surface area contributed by atoms with Crippen LogP contribution in [0.4, 0.5) is 0 Å². The van der Waals surface area contributed by atoms with Crippen LogP contribution in [0, 0.1) is 5.41 Å². The van der Waals surface area contributed by atoms with Crippen LogP contribution in [0.1, 0.15) is 19.8 Å². The molecule has 1 atom stereocenters. The fraction of sp³-hybridized carbons (Fsp3) is 0.875. The molecule has 1 fully saturated rings. The highest BCUT2D eigenvalue weighted by atomic mass is 32.2. The summed E-state index contributed by atoms with van der Waals surface area (Å²) in [5.74, 6) is -0.128. The lowest BCUT2D eigenvalue weighted by molar-refractivity contribution is -0.133. The summed E-state index contributed by atoms with van der Waals surface area (Å²) in [5, 5.41) is 0. The number of carbonyl (C=O) groups is 1. The zero-order valence-electron chi connectivity index (χ0n) is 7.96. The third-order valence-corrected chi connectivity index (χ3v) is 2.85.